The van der Waals surface area contributed by atoms with Crippen molar-refractivity contribution in [3.05, 3.63) is 48.0 Å². The van der Waals surface area contributed by atoms with E-state index in [2.05, 4.69) is 27.3 Å². The topological polar surface area (TPSA) is 81.3 Å². The highest BCUT2D eigenvalue weighted by molar-refractivity contribution is 5.92. The van der Waals surface area contributed by atoms with Crippen LogP contribution in [-0.4, -0.2) is 57.9 Å². The first-order valence-electron chi connectivity index (χ1n) is 10.4. The number of benzene rings is 2. The van der Waals surface area contributed by atoms with Crippen LogP contribution in [0.15, 0.2) is 47.5 Å². The van der Waals surface area contributed by atoms with Crippen LogP contribution in [0.1, 0.15) is 18.4 Å². The van der Waals surface area contributed by atoms with Gasteiger partial charge in [0.1, 0.15) is 12.4 Å². The second kappa shape index (κ2) is 11.3. The molecule has 1 aliphatic rings. The number of methoxy groups -OCH3 is 2. The number of anilines is 1. The molecule has 0 spiro atoms. The van der Waals surface area contributed by atoms with Crippen molar-refractivity contribution in [3.8, 4) is 17.2 Å². The Kier molecular flexibility index (Phi) is 8.20. The van der Waals surface area contributed by atoms with Gasteiger partial charge < -0.3 is 25.3 Å². The molecule has 0 aliphatic carbocycles. The van der Waals surface area contributed by atoms with E-state index in [9.17, 15) is 0 Å². The molecule has 0 bridgehead atoms. The van der Waals surface area contributed by atoms with Crippen molar-refractivity contribution < 1.29 is 14.2 Å². The number of aliphatic imine (C=N–C) groups is 1. The van der Waals surface area contributed by atoms with Gasteiger partial charge in [0.15, 0.2) is 17.5 Å². The van der Waals surface area contributed by atoms with E-state index in [1.165, 1.54) is 31.5 Å². The highest BCUT2D eigenvalue weighted by Gasteiger charge is 2.10. The molecule has 30 heavy (non-hydrogen) atoms. The number of guanidine groups is 1. The Hall–Kier alpha value is -2.93. The lowest BCUT2D eigenvalue weighted by Crippen LogP contribution is -2.25. The first-order chi connectivity index (χ1) is 14.7. The largest absolute Gasteiger partial charge is 0.493 e. The summed E-state index contributed by atoms with van der Waals surface area (Å²) in [4.78, 5) is 6.85. The summed E-state index contributed by atoms with van der Waals surface area (Å²) in [5.74, 6) is 2.58. The summed E-state index contributed by atoms with van der Waals surface area (Å²) >= 11 is 0. The number of hydrogen-bond donors (Lipinski definition) is 2. The second-order valence-electron chi connectivity index (χ2n) is 7.25. The molecule has 3 rings (SSSR count). The van der Waals surface area contributed by atoms with Crippen LogP contribution in [0.4, 0.5) is 5.69 Å². The van der Waals surface area contributed by atoms with E-state index in [4.69, 9.17) is 19.9 Å². The van der Waals surface area contributed by atoms with Crippen molar-refractivity contribution in [1.29, 1.82) is 0 Å². The molecule has 1 saturated heterocycles. The van der Waals surface area contributed by atoms with E-state index < -0.39 is 0 Å². The third kappa shape index (κ3) is 6.56. The monoisotopic (exact) mass is 412 g/mol. The predicted molar refractivity (Wildman–Crippen MR) is 121 cm³/mol. The zero-order valence-corrected chi connectivity index (χ0v) is 17.9. The number of nitrogens with one attached hydrogen (secondary N) is 1. The number of ether oxygens (including phenoxy) is 3. The fourth-order valence-electron chi connectivity index (χ4n) is 3.46. The maximum atomic E-state index is 6.01. The average Bonchev–Trinajstić information content (AvgIpc) is 3.28. The summed E-state index contributed by atoms with van der Waals surface area (Å²) < 4.78 is 16.4. The summed E-state index contributed by atoms with van der Waals surface area (Å²) in [5, 5.41) is 3.08. The van der Waals surface area contributed by atoms with Gasteiger partial charge in [0.2, 0.25) is 0 Å². The van der Waals surface area contributed by atoms with Crippen molar-refractivity contribution in [2.45, 2.75) is 19.3 Å². The number of nitrogens with two attached hydrogens (primary N) is 1. The molecule has 7 nitrogen and oxygen atoms in total. The molecule has 0 atom stereocenters. The maximum absolute atomic E-state index is 6.01. The quantitative estimate of drug-likeness (QED) is 0.461. The minimum absolute atomic E-state index is 0.365. The first kappa shape index (κ1) is 21.8. The lowest BCUT2D eigenvalue weighted by Gasteiger charge is -2.15. The van der Waals surface area contributed by atoms with Crippen LogP contribution in [0.25, 0.3) is 0 Å². The first-order valence-corrected chi connectivity index (χ1v) is 10.4. The van der Waals surface area contributed by atoms with Gasteiger partial charge in [0, 0.05) is 24.8 Å². The third-order valence-corrected chi connectivity index (χ3v) is 5.14. The highest BCUT2D eigenvalue weighted by atomic mass is 16.5. The number of rotatable bonds is 10. The maximum Gasteiger partial charge on any atom is 0.193 e. The molecule has 2 aromatic carbocycles. The lowest BCUT2D eigenvalue weighted by molar-refractivity contribution is 0.238. The van der Waals surface area contributed by atoms with Crippen molar-refractivity contribution >= 4 is 11.6 Å². The van der Waals surface area contributed by atoms with Gasteiger partial charge in [0.25, 0.3) is 0 Å². The van der Waals surface area contributed by atoms with Gasteiger partial charge in [-0.3, -0.25) is 9.89 Å². The summed E-state index contributed by atoms with van der Waals surface area (Å²) in [6.07, 6.45) is 3.43. The van der Waals surface area contributed by atoms with Gasteiger partial charge in [-0.1, -0.05) is 12.1 Å². The molecule has 0 radical (unpaired) electrons. The van der Waals surface area contributed by atoms with E-state index in [1.54, 1.807) is 14.2 Å². The molecule has 0 unspecified atom stereocenters. The van der Waals surface area contributed by atoms with E-state index in [1.807, 2.05) is 30.3 Å². The fraction of sp³-hybridized carbons (Fsp3) is 0.435. The normalized spacial score (nSPS) is 14.5. The second-order valence-corrected chi connectivity index (χ2v) is 7.25. The molecular weight excluding hydrogens is 380 g/mol. The summed E-state index contributed by atoms with van der Waals surface area (Å²) in [6.45, 7) is 4.74. The van der Waals surface area contributed by atoms with Gasteiger partial charge >= 0.3 is 0 Å². The summed E-state index contributed by atoms with van der Waals surface area (Å²) in [5.41, 5.74) is 8.00. The molecule has 162 valence electrons. The van der Waals surface area contributed by atoms with Crippen molar-refractivity contribution in [2.24, 2.45) is 10.7 Å². The minimum Gasteiger partial charge on any atom is -0.493 e. The third-order valence-electron chi connectivity index (χ3n) is 5.14. The SMILES string of the molecule is COc1ccc(NC(N)=NCCc2ccc(OCCN3CCCC3)cc2)cc1OC. The van der Waals surface area contributed by atoms with Crippen molar-refractivity contribution in [3.63, 3.8) is 0 Å². The zero-order valence-electron chi connectivity index (χ0n) is 17.9. The molecule has 0 saturated carbocycles. The lowest BCUT2D eigenvalue weighted by atomic mass is 10.1. The van der Waals surface area contributed by atoms with Crippen LogP contribution in [0.3, 0.4) is 0 Å². The number of hydrogen-bond acceptors (Lipinski definition) is 5. The smallest absolute Gasteiger partial charge is 0.193 e. The van der Waals surface area contributed by atoms with E-state index in [0.29, 0.717) is 24.0 Å². The molecule has 0 amide bonds. The predicted octanol–water partition coefficient (Wildman–Crippen LogP) is 3.15. The Balaban J connectivity index is 1.41. The van der Waals surface area contributed by atoms with E-state index >= 15 is 0 Å². The van der Waals surface area contributed by atoms with Gasteiger partial charge in [-0.05, 0) is 62.2 Å². The van der Waals surface area contributed by atoms with Crippen LogP contribution in [-0.2, 0) is 6.42 Å². The van der Waals surface area contributed by atoms with Crippen LogP contribution >= 0.6 is 0 Å². The molecule has 1 heterocycles. The summed E-state index contributed by atoms with van der Waals surface area (Å²) in [6, 6.07) is 13.7. The highest BCUT2D eigenvalue weighted by Crippen LogP contribution is 2.29. The van der Waals surface area contributed by atoms with Crippen LogP contribution in [0, 0.1) is 0 Å². The Bertz CT molecular complexity index is 818. The standard InChI is InChI=1S/C23H32N4O3/c1-28-21-10-7-19(17-22(21)29-2)26-23(24)25-12-11-18-5-8-20(9-6-18)30-16-15-27-13-3-4-14-27/h5-10,17H,3-4,11-16H2,1-2H3,(H3,24,25,26). The van der Waals surface area contributed by atoms with Crippen LogP contribution in [0.5, 0.6) is 17.2 Å². The zero-order chi connectivity index (χ0) is 21.2. The molecule has 7 heteroatoms. The Labute approximate surface area is 178 Å². The molecule has 0 aromatic heterocycles. The van der Waals surface area contributed by atoms with E-state index in [-0.39, 0.29) is 0 Å². The molecule has 2 aromatic rings. The van der Waals surface area contributed by atoms with Gasteiger partial charge in [-0.15, -0.1) is 0 Å². The number of nitrogens with zero attached hydrogens (tertiary/aromatic N) is 2. The Morgan fingerprint density at radius 1 is 1.03 bits per heavy atom. The van der Waals surface area contributed by atoms with Gasteiger partial charge in [-0.2, -0.15) is 0 Å². The average molecular weight is 413 g/mol. The Morgan fingerprint density at radius 2 is 1.77 bits per heavy atom. The van der Waals surface area contributed by atoms with E-state index in [0.717, 1.165) is 31.0 Å². The van der Waals surface area contributed by atoms with Crippen LogP contribution in [0.2, 0.25) is 0 Å². The Morgan fingerprint density at radius 3 is 2.47 bits per heavy atom. The molecule has 1 fully saturated rings. The molecule has 3 N–H and O–H groups in total. The molecular formula is C23H32N4O3. The van der Waals surface area contributed by atoms with Crippen LogP contribution < -0.4 is 25.3 Å². The van der Waals surface area contributed by atoms with Crippen molar-refractivity contribution in [1.82, 2.24) is 4.90 Å². The van der Waals surface area contributed by atoms with Gasteiger partial charge in [-0.25, -0.2) is 0 Å². The minimum atomic E-state index is 0.365. The van der Waals surface area contributed by atoms with Gasteiger partial charge in [0.05, 0.1) is 14.2 Å². The number of likely N-dealkylation sites (tertiary alicyclic amines) is 1. The fourth-order valence-corrected chi connectivity index (χ4v) is 3.46. The molecule has 1 aliphatic heterocycles. The summed E-state index contributed by atoms with van der Waals surface area (Å²) in [7, 11) is 3.21. The van der Waals surface area contributed by atoms with Crippen molar-refractivity contribution in [2.75, 3.05) is 52.3 Å².